The number of nitrogens with two attached hydrogens (primary N) is 1. The number of carbonyl (C=O) groups is 1. The topological polar surface area (TPSA) is 52.3 Å². The van der Waals surface area contributed by atoms with Crippen molar-refractivity contribution in [2.75, 3.05) is 6.61 Å². The lowest BCUT2D eigenvalue weighted by Gasteiger charge is -2.03. The Hall–Kier alpha value is -1.51. The van der Waals surface area contributed by atoms with Crippen molar-refractivity contribution in [2.24, 2.45) is 5.73 Å². The first-order chi connectivity index (χ1) is 6.22. The second-order valence-corrected chi connectivity index (χ2v) is 2.75. The van der Waals surface area contributed by atoms with Gasteiger partial charge in [-0.15, -0.1) is 0 Å². The van der Waals surface area contributed by atoms with Crippen LogP contribution in [-0.4, -0.2) is 12.5 Å². The molecule has 0 saturated heterocycles. The summed E-state index contributed by atoms with van der Waals surface area (Å²) in [5.74, 6) is 0.218. The van der Waals surface area contributed by atoms with Crippen LogP contribution < -0.4 is 10.5 Å². The fraction of sp³-hybridized carbons (Fsp3) is 0.300. The minimum atomic E-state index is -0.459. The van der Waals surface area contributed by atoms with Crippen LogP contribution in [0.15, 0.2) is 24.3 Å². The summed E-state index contributed by atoms with van der Waals surface area (Å²) < 4.78 is 5.09. The minimum absolute atomic E-state index is 0.0640. The Bertz CT molecular complexity index is 279. The Morgan fingerprint density at radius 2 is 2.00 bits per heavy atom. The third kappa shape index (κ3) is 3.15. The van der Waals surface area contributed by atoms with E-state index in [4.69, 9.17) is 10.5 Å². The van der Waals surface area contributed by atoms with Gasteiger partial charge >= 0.3 is 0 Å². The third-order valence-electron chi connectivity index (χ3n) is 1.71. The molecular weight excluding hydrogens is 166 g/mol. The average Bonchev–Trinajstić information content (AvgIpc) is 2.15. The van der Waals surface area contributed by atoms with Gasteiger partial charge < -0.3 is 10.5 Å². The molecule has 13 heavy (non-hydrogen) atoms. The predicted octanol–water partition coefficient (Wildman–Crippen LogP) is 1.11. The molecule has 0 radical (unpaired) electrons. The van der Waals surface area contributed by atoms with E-state index in [0.29, 0.717) is 5.75 Å². The summed E-state index contributed by atoms with van der Waals surface area (Å²) in [4.78, 5) is 10.4. The summed E-state index contributed by atoms with van der Waals surface area (Å²) in [5, 5.41) is 0. The van der Waals surface area contributed by atoms with Crippen molar-refractivity contribution in [3.63, 3.8) is 0 Å². The Morgan fingerprint density at radius 1 is 1.38 bits per heavy atom. The smallest absolute Gasteiger partial charge is 0.255 e. The Kier molecular flexibility index (Phi) is 3.31. The van der Waals surface area contributed by atoms with E-state index >= 15 is 0 Å². The van der Waals surface area contributed by atoms with Crippen LogP contribution in [0.2, 0.25) is 0 Å². The van der Waals surface area contributed by atoms with E-state index in [1.807, 2.05) is 24.3 Å². The van der Waals surface area contributed by atoms with E-state index in [2.05, 4.69) is 6.92 Å². The first kappa shape index (κ1) is 9.58. The van der Waals surface area contributed by atoms with Crippen LogP contribution in [0.5, 0.6) is 5.75 Å². The maximum Gasteiger partial charge on any atom is 0.255 e. The molecule has 1 rings (SSSR count). The van der Waals surface area contributed by atoms with Crippen molar-refractivity contribution in [1.29, 1.82) is 0 Å². The van der Waals surface area contributed by atoms with Gasteiger partial charge in [0.1, 0.15) is 5.75 Å². The number of hydrogen-bond donors (Lipinski definition) is 1. The van der Waals surface area contributed by atoms with Gasteiger partial charge in [-0.05, 0) is 24.1 Å². The zero-order valence-electron chi connectivity index (χ0n) is 7.62. The Balaban J connectivity index is 2.54. The molecule has 3 heteroatoms. The predicted molar refractivity (Wildman–Crippen MR) is 50.5 cm³/mol. The molecule has 0 aliphatic heterocycles. The monoisotopic (exact) mass is 179 g/mol. The molecule has 0 heterocycles. The first-order valence-corrected chi connectivity index (χ1v) is 4.22. The highest BCUT2D eigenvalue weighted by Crippen LogP contribution is 2.11. The Morgan fingerprint density at radius 3 is 2.46 bits per heavy atom. The van der Waals surface area contributed by atoms with Crippen LogP contribution in [-0.2, 0) is 11.2 Å². The molecule has 70 valence electrons. The zero-order valence-corrected chi connectivity index (χ0v) is 7.62. The van der Waals surface area contributed by atoms with Crippen LogP contribution in [0.1, 0.15) is 12.5 Å². The van der Waals surface area contributed by atoms with Crippen LogP contribution in [0.4, 0.5) is 0 Å². The average molecular weight is 179 g/mol. The van der Waals surface area contributed by atoms with Gasteiger partial charge in [-0.2, -0.15) is 0 Å². The molecule has 0 aromatic heterocycles. The Labute approximate surface area is 77.5 Å². The van der Waals surface area contributed by atoms with E-state index in [1.165, 1.54) is 5.56 Å². The number of benzene rings is 1. The second-order valence-electron chi connectivity index (χ2n) is 2.75. The minimum Gasteiger partial charge on any atom is -0.484 e. The number of aryl methyl sites for hydroxylation is 1. The molecule has 0 aliphatic carbocycles. The van der Waals surface area contributed by atoms with Crippen molar-refractivity contribution < 1.29 is 9.53 Å². The molecule has 0 unspecified atom stereocenters. The molecule has 1 amide bonds. The largest absolute Gasteiger partial charge is 0.484 e. The highest BCUT2D eigenvalue weighted by Gasteiger charge is 1.96. The van der Waals surface area contributed by atoms with Crippen molar-refractivity contribution in [1.82, 2.24) is 0 Å². The molecule has 1 aromatic carbocycles. The van der Waals surface area contributed by atoms with Gasteiger partial charge in [-0.25, -0.2) is 0 Å². The molecule has 0 saturated carbocycles. The van der Waals surface area contributed by atoms with Crippen molar-refractivity contribution >= 4 is 5.91 Å². The fourth-order valence-electron chi connectivity index (χ4n) is 0.976. The summed E-state index contributed by atoms with van der Waals surface area (Å²) in [6.07, 6.45) is 0.996. The summed E-state index contributed by atoms with van der Waals surface area (Å²) in [6.45, 7) is 2.02. The van der Waals surface area contributed by atoms with Gasteiger partial charge in [0.05, 0.1) is 0 Å². The van der Waals surface area contributed by atoms with E-state index in [1.54, 1.807) is 0 Å². The van der Waals surface area contributed by atoms with Crippen LogP contribution in [0.3, 0.4) is 0 Å². The highest BCUT2D eigenvalue weighted by atomic mass is 16.5. The molecule has 0 aliphatic rings. The number of rotatable bonds is 4. The molecular formula is C10H13NO2. The third-order valence-corrected chi connectivity index (χ3v) is 1.71. The van der Waals surface area contributed by atoms with Gasteiger partial charge in [0.2, 0.25) is 0 Å². The first-order valence-electron chi connectivity index (χ1n) is 4.22. The number of ether oxygens (including phenoxy) is 1. The van der Waals surface area contributed by atoms with E-state index in [9.17, 15) is 4.79 Å². The maximum atomic E-state index is 10.4. The lowest BCUT2D eigenvalue weighted by molar-refractivity contribution is -0.119. The lowest BCUT2D eigenvalue weighted by atomic mass is 10.2. The molecule has 2 N–H and O–H groups in total. The summed E-state index contributed by atoms with van der Waals surface area (Å²) >= 11 is 0. The second kappa shape index (κ2) is 4.50. The fourth-order valence-corrected chi connectivity index (χ4v) is 0.976. The quantitative estimate of drug-likeness (QED) is 0.752. The zero-order chi connectivity index (χ0) is 9.68. The van der Waals surface area contributed by atoms with Crippen molar-refractivity contribution in [2.45, 2.75) is 13.3 Å². The van der Waals surface area contributed by atoms with Gasteiger partial charge in [0.15, 0.2) is 6.61 Å². The molecule has 0 bridgehead atoms. The maximum absolute atomic E-state index is 10.4. The van der Waals surface area contributed by atoms with Gasteiger partial charge in [0, 0.05) is 0 Å². The molecule has 0 atom stereocenters. The van der Waals surface area contributed by atoms with E-state index < -0.39 is 5.91 Å². The van der Waals surface area contributed by atoms with Gasteiger partial charge in [-0.1, -0.05) is 19.1 Å². The van der Waals surface area contributed by atoms with Crippen LogP contribution in [0.25, 0.3) is 0 Å². The summed E-state index contributed by atoms with van der Waals surface area (Å²) in [5.41, 5.74) is 6.17. The van der Waals surface area contributed by atoms with E-state index in [0.717, 1.165) is 6.42 Å². The van der Waals surface area contributed by atoms with Crippen LogP contribution in [0, 0.1) is 0 Å². The van der Waals surface area contributed by atoms with Gasteiger partial charge in [0.25, 0.3) is 5.91 Å². The summed E-state index contributed by atoms with van der Waals surface area (Å²) in [7, 11) is 0. The summed E-state index contributed by atoms with van der Waals surface area (Å²) in [6, 6.07) is 7.61. The van der Waals surface area contributed by atoms with Crippen LogP contribution >= 0.6 is 0 Å². The molecule has 0 fully saturated rings. The van der Waals surface area contributed by atoms with Crippen molar-refractivity contribution in [3.05, 3.63) is 29.8 Å². The molecule has 0 spiro atoms. The number of primary amides is 1. The molecule has 3 nitrogen and oxygen atoms in total. The number of carbonyl (C=O) groups excluding carboxylic acids is 1. The van der Waals surface area contributed by atoms with E-state index in [-0.39, 0.29) is 6.61 Å². The normalized spacial score (nSPS) is 9.62. The lowest BCUT2D eigenvalue weighted by Crippen LogP contribution is -2.19. The highest BCUT2D eigenvalue weighted by molar-refractivity contribution is 5.75. The standard InChI is InChI=1S/C10H13NO2/c1-2-8-3-5-9(6-4-8)13-7-10(11)12/h3-6H,2,7H2,1H3,(H2,11,12). The number of amides is 1. The van der Waals surface area contributed by atoms with Crippen molar-refractivity contribution in [3.8, 4) is 5.75 Å². The number of hydrogen-bond acceptors (Lipinski definition) is 2. The molecule has 1 aromatic rings. The van der Waals surface area contributed by atoms with Gasteiger partial charge in [-0.3, -0.25) is 4.79 Å². The SMILES string of the molecule is CCc1ccc(OCC(N)=O)cc1.